The number of anilines is 1. The molecule has 0 saturated carbocycles. The minimum atomic E-state index is -0.988. The molecule has 0 aliphatic carbocycles. The summed E-state index contributed by atoms with van der Waals surface area (Å²) in [5.41, 5.74) is 7.29. The van der Waals surface area contributed by atoms with Crippen LogP contribution in [0, 0.1) is 11.6 Å². The quantitative estimate of drug-likeness (QED) is 0.423. The van der Waals surface area contributed by atoms with Crippen LogP contribution in [0.2, 0.25) is 0 Å². The number of rotatable bonds is 10. The number of benzene rings is 2. The molecule has 3 rings (SSSR count). The molecule has 0 unspecified atom stereocenters. The molecule has 194 valence electrons. The van der Waals surface area contributed by atoms with Crippen LogP contribution in [0.15, 0.2) is 48.7 Å². The molecule has 0 spiro atoms. The van der Waals surface area contributed by atoms with Crippen LogP contribution in [0.5, 0.6) is 0 Å². The minimum absolute atomic E-state index is 0. The molecular weight excluding hydrogens is 462 g/mol. The molecule has 1 amide bonds. The number of nitrogens with two attached hydrogens (primary N) is 1. The summed E-state index contributed by atoms with van der Waals surface area (Å²) in [5, 5.41) is 4.61. The van der Waals surface area contributed by atoms with Crippen LogP contribution in [0.25, 0.3) is 10.8 Å². The lowest BCUT2D eigenvalue weighted by Crippen LogP contribution is -2.51. The number of nitrogens with zero attached hydrogens (tertiary/aromatic N) is 2. The van der Waals surface area contributed by atoms with E-state index >= 15 is 0 Å². The number of halogens is 2. The van der Waals surface area contributed by atoms with Crippen molar-refractivity contribution in [3.05, 3.63) is 71.4 Å². The average Bonchev–Trinajstić information content (AvgIpc) is 2.83. The molecule has 2 aromatic carbocycles. The fraction of sp³-hybridized carbons (Fsp3) is 0.393. The summed E-state index contributed by atoms with van der Waals surface area (Å²) >= 11 is 0. The number of aromatic nitrogens is 1. The number of carbonyl (C=O) groups excluding carboxylic acids is 2. The lowest BCUT2D eigenvalue weighted by atomic mass is 9.96. The summed E-state index contributed by atoms with van der Waals surface area (Å²) in [6.45, 7) is 5.71. The van der Waals surface area contributed by atoms with E-state index in [2.05, 4.69) is 10.3 Å². The second-order valence-electron chi connectivity index (χ2n) is 9.17. The number of aryl methyl sites for hydroxylation is 1. The van der Waals surface area contributed by atoms with E-state index in [1.54, 1.807) is 13.1 Å². The summed E-state index contributed by atoms with van der Waals surface area (Å²) < 4.78 is 27.2. The van der Waals surface area contributed by atoms with Gasteiger partial charge in [-0.1, -0.05) is 31.7 Å². The highest BCUT2D eigenvalue weighted by Crippen LogP contribution is 2.21. The Balaban J connectivity index is 0.00000456. The maximum atomic E-state index is 13.8. The van der Waals surface area contributed by atoms with Gasteiger partial charge in [-0.05, 0) is 75.4 Å². The Hall–Kier alpha value is -3.39. The predicted octanol–water partition coefficient (Wildman–Crippen LogP) is 4.69. The van der Waals surface area contributed by atoms with Gasteiger partial charge in [-0.15, -0.1) is 0 Å². The van der Waals surface area contributed by atoms with Gasteiger partial charge in [0, 0.05) is 24.0 Å². The van der Waals surface area contributed by atoms with Gasteiger partial charge in [0.05, 0.1) is 12.1 Å². The van der Waals surface area contributed by atoms with Crippen molar-refractivity contribution in [2.75, 3.05) is 12.8 Å². The maximum Gasteiger partial charge on any atom is 0.237 e. The van der Waals surface area contributed by atoms with Crippen molar-refractivity contribution in [1.82, 2.24) is 15.2 Å². The van der Waals surface area contributed by atoms with Gasteiger partial charge in [-0.25, -0.2) is 13.8 Å². The number of hydrogen-bond donors (Lipinski definition) is 2. The van der Waals surface area contributed by atoms with Gasteiger partial charge in [-0.3, -0.25) is 14.5 Å². The highest BCUT2D eigenvalue weighted by atomic mass is 19.2. The molecule has 0 fully saturated rings. The molecule has 6 nitrogen and oxygen atoms in total. The summed E-state index contributed by atoms with van der Waals surface area (Å²) in [7, 11) is 1.84. The Labute approximate surface area is 211 Å². The van der Waals surface area contributed by atoms with Crippen LogP contribution in [-0.4, -0.2) is 46.7 Å². The van der Waals surface area contributed by atoms with Gasteiger partial charge in [0.2, 0.25) is 5.91 Å². The van der Waals surface area contributed by atoms with Crippen molar-refractivity contribution >= 4 is 28.3 Å². The molecule has 2 atom stereocenters. The van der Waals surface area contributed by atoms with Crippen molar-refractivity contribution < 1.29 is 18.4 Å². The number of likely N-dealkylation sites (N-methyl/N-ethyl adjacent to an activating group) is 1. The first-order valence-electron chi connectivity index (χ1n) is 11.7. The zero-order valence-electron chi connectivity index (χ0n) is 20.5. The number of nitrogen functional groups attached to an aromatic ring is 1. The van der Waals surface area contributed by atoms with E-state index in [0.29, 0.717) is 17.8 Å². The zero-order valence-corrected chi connectivity index (χ0v) is 20.5. The molecule has 1 heterocycles. The number of Topliss-reactive ketones (excluding diaryl/α,β-unsaturated/α-hetero) is 1. The van der Waals surface area contributed by atoms with Gasteiger partial charge >= 0.3 is 0 Å². The van der Waals surface area contributed by atoms with Crippen molar-refractivity contribution in [3.63, 3.8) is 0 Å². The Morgan fingerprint density at radius 2 is 1.72 bits per heavy atom. The van der Waals surface area contributed by atoms with Gasteiger partial charge in [0.15, 0.2) is 17.4 Å². The largest absolute Gasteiger partial charge is 0.383 e. The monoisotopic (exact) mass is 498 g/mol. The molecule has 3 aromatic rings. The lowest BCUT2D eigenvalue weighted by Gasteiger charge is -2.29. The Morgan fingerprint density at radius 1 is 1.03 bits per heavy atom. The lowest BCUT2D eigenvalue weighted by molar-refractivity contribution is -0.130. The minimum Gasteiger partial charge on any atom is -0.383 e. The molecule has 36 heavy (non-hydrogen) atoms. The average molecular weight is 499 g/mol. The molecule has 0 aliphatic rings. The highest BCUT2D eigenvalue weighted by Gasteiger charge is 2.26. The van der Waals surface area contributed by atoms with E-state index in [0.717, 1.165) is 28.5 Å². The first-order chi connectivity index (χ1) is 16.6. The molecule has 0 bridgehead atoms. The molecule has 1 aromatic heterocycles. The molecular formula is C28H36F2N4O2. The van der Waals surface area contributed by atoms with Gasteiger partial charge in [0.25, 0.3) is 0 Å². The van der Waals surface area contributed by atoms with Crippen molar-refractivity contribution in [3.8, 4) is 0 Å². The van der Waals surface area contributed by atoms with E-state index in [1.807, 2.05) is 50.1 Å². The zero-order chi connectivity index (χ0) is 25.7. The van der Waals surface area contributed by atoms with E-state index in [4.69, 9.17) is 5.73 Å². The highest BCUT2D eigenvalue weighted by molar-refractivity contribution is 5.92. The SMILES string of the molecule is C.CC(C)N(C)[C@H](C)C(=O)N[C@@H](Cc1ccc(F)c(F)c1)C(=O)CCc1ccc2c(N)nccc2c1. The van der Waals surface area contributed by atoms with E-state index in [-0.39, 0.29) is 38.0 Å². The van der Waals surface area contributed by atoms with Gasteiger partial charge in [-0.2, -0.15) is 0 Å². The summed E-state index contributed by atoms with van der Waals surface area (Å²) in [4.78, 5) is 32.1. The maximum absolute atomic E-state index is 13.8. The van der Waals surface area contributed by atoms with Crippen LogP contribution in [0.3, 0.4) is 0 Å². The molecule has 8 heteroatoms. The fourth-order valence-electron chi connectivity index (χ4n) is 3.92. The summed E-state index contributed by atoms with van der Waals surface area (Å²) in [6, 6.07) is 9.91. The molecule has 3 N–H and O–H groups in total. The van der Waals surface area contributed by atoms with E-state index in [1.165, 1.54) is 6.07 Å². The van der Waals surface area contributed by atoms with E-state index < -0.39 is 23.7 Å². The number of ketones is 1. The summed E-state index contributed by atoms with van der Waals surface area (Å²) in [6.07, 6.45) is 2.34. The standard InChI is InChI=1S/C27H32F2N4O2.CH4/c1-16(2)33(4)17(3)27(35)32-24(15-19-6-9-22(28)23(29)14-19)25(34)10-7-18-5-8-21-20(13-18)11-12-31-26(21)30;/h5-6,8-9,11-14,16-17,24H,7,10,15H2,1-4H3,(H2,30,31)(H,32,35);1H4/t17-,24+;/m1./s1. The second-order valence-corrected chi connectivity index (χ2v) is 9.17. The Bertz CT molecular complexity index is 1220. The number of carbonyl (C=O) groups is 2. The van der Waals surface area contributed by atoms with Crippen LogP contribution < -0.4 is 11.1 Å². The second kappa shape index (κ2) is 12.5. The predicted molar refractivity (Wildman–Crippen MR) is 141 cm³/mol. The first kappa shape index (κ1) is 28.8. The Morgan fingerprint density at radius 3 is 2.39 bits per heavy atom. The van der Waals surface area contributed by atoms with Crippen molar-refractivity contribution in [2.45, 2.75) is 65.6 Å². The molecule has 0 radical (unpaired) electrons. The summed E-state index contributed by atoms with van der Waals surface area (Å²) in [5.74, 6) is -1.98. The number of amides is 1. The van der Waals surface area contributed by atoms with Crippen LogP contribution in [0.1, 0.15) is 45.7 Å². The fourth-order valence-corrected chi connectivity index (χ4v) is 3.92. The van der Waals surface area contributed by atoms with Crippen LogP contribution in [-0.2, 0) is 22.4 Å². The van der Waals surface area contributed by atoms with Crippen molar-refractivity contribution in [2.24, 2.45) is 0 Å². The third-order valence-corrected chi connectivity index (χ3v) is 6.45. The van der Waals surface area contributed by atoms with Gasteiger partial charge < -0.3 is 11.1 Å². The third-order valence-electron chi connectivity index (χ3n) is 6.45. The third kappa shape index (κ3) is 7.07. The number of fused-ring (bicyclic) bond motifs is 1. The van der Waals surface area contributed by atoms with E-state index in [9.17, 15) is 18.4 Å². The molecule has 0 saturated heterocycles. The van der Waals surface area contributed by atoms with Crippen LogP contribution in [0.4, 0.5) is 14.6 Å². The first-order valence-corrected chi connectivity index (χ1v) is 11.7. The van der Waals surface area contributed by atoms with Crippen molar-refractivity contribution in [1.29, 1.82) is 0 Å². The van der Waals surface area contributed by atoms with Gasteiger partial charge in [0.1, 0.15) is 5.82 Å². The smallest absolute Gasteiger partial charge is 0.237 e. The van der Waals surface area contributed by atoms with Crippen LogP contribution >= 0.6 is 0 Å². The normalized spacial score (nSPS) is 12.9. The number of hydrogen-bond acceptors (Lipinski definition) is 5. The number of pyridine rings is 1. The molecule has 0 aliphatic heterocycles. The number of nitrogens with one attached hydrogen (secondary N) is 1. The Kier molecular flexibility index (Phi) is 10.0. The topological polar surface area (TPSA) is 88.3 Å².